The highest BCUT2D eigenvalue weighted by Crippen LogP contribution is 2.28. The van der Waals surface area contributed by atoms with Crippen molar-refractivity contribution in [2.45, 2.75) is 29.9 Å². The summed E-state index contributed by atoms with van der Waals surface area (Å²) in [5.41, 5.74) is 4.11. The van der Waals surface area contributed by atoms with Crippen LogP contribution in [0.3, 0.4) is 0 Å². The summed E-state index contributed by atoms with van der Waals surface area (Å²) in [6, 6.07) is 17.8. The number of benzene rings is 2. The number of amides is 1. The molecule has 3 aromatic rings. The number of thioether (sulfide) groups is 1. The van der Waals surface area contributed by atoms with Gasteiger partial charge in [0, 0.05) is 12.2 Å². The highest BCUT2D eigenvalue weighted by Gasteiger charge is 2.09. The summed E-state index contributed by atoms with van der Waals surface area (Å²) in [6.45, 7) is 2.04. The molecule has 7 heteroatoms. The van der Waals surface area contributed by atoms with E-state index in [9.17, 15) is 4.79 Å². The molecule has 0 fully saturated rings. The average molecular weight is 395 g/mol. The van der Waals surface area contributed by atoms with Gasteiger partial charge in [0.1, 0.15) is 0 Å². The molecule has 0 radical (unpaired) electrons. The average Bonchev–Trinajstić information content (AvgIpc) is 3.13. The molecule has 0 aliphatic rings. The normalized spacial score (nSPS) is 10.4. The lowest BCUT2D eigenvalue weighted by atomic mass is 10.1. The predicted molar refractivity (Wildman–Crippen MR) is 109 cm³/mol. The minimum Gasteiger partial charge on any atom is -0.300 e. The summed E-state index contributed by atoms with van der Waals surface area (Å²) < 4.78 is 0.799. The molecule has 0 bridgehead atoms. The number of aryl methyl sites for hydroxylation is 2. The number of nitriles is 1. The fraction of sp³-hybridized carbons (Fsp3) is 0.200. The molecule has 1 N–H and O–H groups in total. The quantitative estimate of drug-likeness (QED) is 0.469. The van der Waals surface area contributed by atoms with Crippen LogP contribution in [0, 0.1) is 18.3 Å². The Bertz CT molecular complexity index is 943. The number of carbonyl (C=O) groups is 1. The van der Waals surface area contributed by atoms with Gasteiger partial charge in [-0.25, -0.2) is 0 Å². The topological polar surface area (TPSA) is 78.7 Å². The fourth-order valence-corrected chi connectivity index (χ4v) is 4.06. The van der Waals surface area contributed by atoms with Crippen molar-refractivity contribution < 1.29 is 4.79 Å². The minimum absolute atomic E-state index is 0.0598. The molecule has 1 amide bonds. The van der Waals surface area contributed by atoms with E-state index in [1.807, 2.05) is 31.2 Å². The van der Waals surface area contributed by atoms with E-state index >= 15 is 0 Å². The van der Waals surface area contributed by atoms with E-state index in [0.717, 1.165) is 21.2 Å². The van der Waals surface area contributed by atoms with Gasteiger partial charge >= 0.3 is 0 Å². The van der Waals surface area contributed by atoms with Gasteiger partial charge in [-0.15, -0.1) is 10.2 Å². The molecular formula is C20H18N4OS2. The summed E-state index contributed by atoms with van der Waals surface area (Å²) in [6.07, 6.45) is 1.11. The highest BCUT2D eigenvalue weighted by atomic mass is 32.2. The Hall–Kier alpha value is -2.69. The minimum atomic E-state index is -0.0598. The van der Waals surface area contributed by atoms with Gasteiger partial charge in [-0.05, 0) is 36.6 Å². The summed E-state index contributed by atoms with van der Waals surface area (Å²) in [7, 11) is 0. The van der Waals surface area contributed by atoms with Crippen molar-refractivity contribution in [3.8, 4) is 6.07 Å². The number of hydrogen-bond donors (Lipinski definition) is 1. The Morgan fingerprint density at radius 1 is 1.11 bits per heavy atom. The van der Waals surface area contributed by atoms with Crippen molar-refractivity contribution in [1.82, 2.24) is 10.2 Å². The van der Waals surface area contributed by atoms with Gasteiger partial charge in [-0.2, -0.15) is 5.26 Å². The number of nitrogens with one attached hydrogen (secondary N) is 1. The SMILES string of the molecule is Cc1ccc(CCC(=O)Nc2nnc(SCc3ccc(C#N)cc3)s2)cc1. The molecule has 136 valence electrons. The number of anilines is 1. The van der Waals surface area contributed by atoms with Crippen LogP contribution in [-0.2, 0) is 17.0 Å². The predicted octanol–water partition coefficient (Wildman–Crippen LogP) is 4.58. The molecule has 5 nitrogen and oxygen atoms in total. The first kappa shape index (κ1) is 19.1. The number of aromatic nitrogens is 2. The van der Waals surface area contributed by atoms with Crippen LogP contribution in [0.4, 0.5) is 5.13 Å². The van der Waals surface area contributed by atoms with Crippen molar-refractivity contribution in [2.24, 2.45) is 0 Å². The molecule has 0 saturated heterocycles. The molecule has 1 aromatic heterocycles. The van der Waals surface area contributed by atoms with Crippen molar-refractivity contribution in [3.63, 3.8) is 0 Å². The molecule has 0 aliphatic heterocycles. The van der Waals surface area contributed by atoms with Gasteiger partial charge in [0.05, 0.1) is 11.6 Å². The Morgan fingerprint density at radius 3 is 2.52 bits per heavy atom. The third-order valence-electron chi connectivity index (χ3n) is 3.86. The van der Waals surface area contributed by atoms with E-state index < -0.39 is 0 Å². The summed E-state index contributed by atoms with van der Waals surface area (Å²) in [5.74, 6) is 0.678. The maximum Gasteiger partial charge on any atom is 0.226 e. The van der Waals surface area contributed by atoms with Crippen LogP contribution in [-0.4, -0.2) is 16.1 Å². The van der Waals surface area contributed by atoms with E-state index in [1.165, 1.54) is 16.9 Å². The van der Waals surface area contributed by atoms with Crippen LogP contribution in [0.2, 0.25) is 0 Å². The van der Waals surface area contributed by atoms with Crippen LogP contribution in [0.25, 0.3) is 0 Å². The third-order valence-corrected chi connectivity index (χ3v) is 5.90. The van der Waals surface area contributed by atoms with Crippen LogP contribution in [0.1, 0.15) is 28.7 Å². The number of carbonyl (C=O) groups excluding carboxylic acids is 1. The number of nitrogens with zero attached hydrogens (tertiary/aromatic N) is 3. The Kier molecular flexibility index (Phi) is 6.58. The second-order valence-corrected chi connectivity index (χ2v) is 8.20. The van der Waals surface area contributed by atoms with E-state index in [1.54, 1.807) is 23.9 Å². The molecule has 27 heavy (non-hydrogen) atoms. The molecule has 2 aromatic carbocycles. The van der Waals surface area contributed by atoms with Gasteiger partial charge in [0.2, 0.25) is 11.0 Å². The summed E-state index contributed by atoms with van der Waals surface area (Å²) in [5, 5.41) is 20.3. The fourth-order valence-electron chi connectivity index (χ4n) is 2.33. The Balaban J connectivity index is 1.46. The van der Waals surface area contributed by atoms with Gasteiger partial charge in [-0.1, -0.05) is 65.1 Å². The van der Waals surface area contributed by atoms with Crippen molar-refractivity contribution in [3.05, 3.63) is 70.8 Å². The van der Waals surface area contributed by atoms with Gasteiger partial charge in [0.15, 0.2) is 4.34 Å². The van der Waals surface area contributed by atoms with E-state index in [4.69, 9.17) is 5.26 Å². The van der Waals surface area contributed by atoms with Crippen molar-refractivity contribution in [2.75, 3.05) is 5.32 Å². The number of hydrogen-bond acceptors (Lipinski definition) is 6. The molecule has 0 unspecified atom stereocenters. The zero-order valence-corrected chi connectivity index (χ0v) is 16.4. The van der Waals surface area contributed by atoms with Gasteiger partial charge in [0.25, 0.3) is 0 Å². The van der Waals surface area contributed by atoms with Crippen molar-refractivity contribution >= 4 is 34.1 Å². The molecule has 0 spiro atoms. The lowest BCUT2D eigenvalue weighted by molar-refractivity contribution is -0.116. The van der Waals surface area contributed by atoms with Gasteiger partial charge in [-0.3, -0.25) is 4.79 Å². The summed E-state index contributed by atoms with van der Waals surface area (Å²) in [4.78, 5) is 12.1. The first-order valence-corrected chi connectivity index (χ1v) is 10.2. The molecule has 1 heterocycles. The smallest absolute Gasteiger partial charge is 0.226 e. The molecule has 0 saturated carbocycles. The first-order chi connectivity index (χ1) is 13.1. The van der Waals surface area contributed by atoms with E-state index in [2.05, 4.69) is 33.7 Å². The number of rotatable bonds is 7. The molecule has 0 atom stereocenters. The molecular weight excluding hydrogens is 376 g/mol. The molecule has 3 rings (SSSR count). The third kappa shape index (κ3) is 5.91. The zero-order valence-electron chi connectivity index (χ0n) is 14.8. The lowest BCUT2D eigenvalue weighted by Gasteiger charge is -2.02. The van der Waals surface area contributed by atoms with Crippen LogP contribution in [0.15, 0.2) is 52.9 Å². The lowest BCUT2D eigenvalue weighted by Crippen LogP contribution is -2.12. The monoisotopic (exact) mass is 394 g/mol. The van der Waals surface area contributed by atoms with Crippen LogP contribution >= 0.6 is 23.1 Å². The maximum absolute atomic E-state index is 12.1. The first-order valence-electron chi connectivity index (χ1n) is 8.43. The van der Waals surface area contributed by atoms with Crippen LogP contribution < -0.4 is 5.32 Å². The zero-order chi connectivity index (χ0) is 19.1. The Morgan fingerprint density at radius 2 is 1.81 bits per heavy atom. The van der Waals surface area contributed by atoms with E-state index in [-0.39, 0.29) is 5.91 Å². The second-order valence-electron chi connectivity index (χ2n) is 6.00. The van der Waals surface area contributed by atoms with Crippen molar-refractivity contribution in [1.29, 1.82) is 5.26 Å². The highest BCUT2D eigenvalue weighted by molar-refractivity contribution is 8.00. The van der Waals surface area contributed by atoms with E-state index in [0.29, 0.717) is 23.5 Å². The largest absolute Gasteiger partial charge is 0.300 e. The van der Waals surface area contributed by atoms with Gasteiger partial charge < -0.3 is 5.32 Å². The summed E-state index contributed by atoms with van der Waals surface area (Å²) >= 11 is 2.93. The maximum atomic E-state index is 12.1. The second kappa shape index (κ2) is 9.31. The molecule has 0 aliphatic carbocycles. The Labute approximate surface area is 166 Å². The van der Waals surface area contributed by atoms with Crippen LogP contribution in [0.5, 0.6) is 0 Å². The standard InChI is InChI=1S/C20H18N4OS2/c1-14-2-4-15(5-3-14)10-11-18(25)22-19-23-24-20(27-19)26-13-17-8-6-16(12-21)7-9-17/h2-9H,10-11,13H2,1H3,(H,22,23,25).